The molecule has 4 rings (SSSR count). The van der Waals surface area contributed by atoms with E-state index in [9.17, 15) is 0 Å². The summed E-state index contributed by atoms with van der Waals surface area (Å²) in [7, 11) is 0. The summed E-state index contributed by atoms with van der Waals surface area (Å²) in [6, 6.07) is 42.2. The van der Waals surface area contributed by atoms with Crippen LogP contribution >= 0.6 is 0 Å². The molecule has 4 heteroatoms. The van der Waals surface area contributed by atoms with Crippen molar-refractivity contribution in [3.63, 3.8) is 0 Å². The van der Waals surface area contributed by atoms with E-state index < -0.39 is 0 Å². The topological polar surface area (TPSA) is 31.2 Å². The van der Waals surface area contributed by atoms with Crippen molar-refractivity contribution >= 4 is 12.4 Å². The minimum Gasteiger partial charge on any atom is -0.289 e. The molecule has 0 unspecified atom stereocenters. The van der Waals surface area contributed by atoms with E-state index in [2.05, 4.69) is 144 Å². The first-order valence-corrected chi connectivity index (χ1v) is 13.6. The Labute approximate surface area is 228 Å². The predicted octanol–water partition coefficient (Wildman–Crippen LogP) is 7.92. The standard InChI is InChI=1S/C34H38N4/c1(15-25-35-37(27-31-17-7-3-8-18-31)28-32-19-9-4-10-20-32)2-16-26-36-38(29-33-21-11-5-12-22-33)30-34-23-13-6-14-24-34/h3-14,17-26H,1-2,15-16,27-30H2. The molecular weight excluding hydrogens is 464 g/mol. The molecule has 194 valence electrons. The summed E-state index contributed by atoms with van der Waals surface area (Å²) in [4.78, 5) is 0. The highest BCUT2D eigenvalue weighted by Gasteiger charge is 2.05. The summed E-state index contributed by atoms with van der Waals surface area (Å²) in [6.45, 7) is 3.21. The third-order valence-corrected chi connectivity index (χ3v) is 6.24. The van der Waals surface area contributed by atoms with Gasteiger partial charge in [0.15, 0.2) is 0 Å². The van der Waals surface area contributed by atoms with Crippen LogP contribution in [0.5, 0.6) is 0 Å². The molecule has 0 aliphatic rings. The van der Waals surface area contributed by atoms with E-state index in [1.807, 2.05) is 0 Å². The lowest BCUT2D eigenvalue weighted by atomic mass is 10.2. The lowest BCUT2D eigenvalue weighted by molar-refractivity contribution is 0.271. The van der Waals surface area contributed by atoms with Gasteiger partial charge in [0, 0.05) is 12.4 Å². The van der Waals surface area contributed by atoms with E-state index in [0.717, 1.165) is 51.9 Å². The van der Waals surface area contributed by atoms with Gasteiger partial charge in [-0.25, -0.2) is 0 Å². The third-order valence-electron chi connectivity index (χ3n) is 6.24. The molecule has 0 aromatic heterocycles. The van der Waals surface area contributed by atoms with Gasteiger partial charge in [-0.2, -0.15) is 10.2 Å². The maximum Gasteiger partial charge on any atom is 0.0614 e. The van der Waals surface area contributed by atoms with Crippen molar-refractivity contribution in [3.05, 3.63) is 144 Å². The van der Waals surface area contributed by atoms with E-state index in [0.29, 0.717) is 0 Å². The van der Waals surface area contributed by atoms with Crippen LogP contribution in [0.25, 0.3) is 0 Å². The zero-order chi connectivity index (χ0) is 26.1. The quantitative estimate of drug-likeness (QED) is 0.0939. The van der Waals surface area contributed by atoms with Gasteiger partial charge in [0.05, 0.1) is 26.2 Å². The zero-order valence-electron chi connectivity index (χ0n) is 22.1. The van der Waals surface area contributed by atoms with Gasteiger partial charge in [-0.05, 0) is 47.9 Å². The van der Waals surface area contributed by atoms with Crippen molar-refractivity contribution in [1.82, 2.24) is 10.0 Å². The average Bonchev–Trinajstić information content (AvgIpc) is 2.96. The second kappa shape index (κ2) is 15.8. The number of hydrogen-bond acceptors (Lipinski definition) is 4. The van der Waals surface area contributed by atoms with Crippen LogP contribution in [-0.2, 0) is 26.2 Å². The van der Waals surface area contributed by atoms with Crippen LogP contribution in [0.1, 0.15) is 47.9 Å². The number of hydrogen-bond donors (Lipinski definition) is 0. The van der Waals surface area contributed by atoms with Crippen LogP contribution in [0.15, 0.2) is 132 Å². The third kappa shape index (κ3) is 10.1. The zero-order valence-corrected chi connectivity index (χ0v) is 22.1. The van der Waals surface area contributed by atoms with Crippen molar-refractivity contribution in [1.29, 1.82) is 0 Å². The average molecular weight is 503 g/mol. The number of nitrogens with zero attached hydrogens (tertiary/aromatic N) is 4. The van der Waals surface area contributed by atoms with Gasteiger partial charge in [-0.1, -0.05) is 121 Å². The van der Waals surface area contributed by atoms with Crippen LogP contribution < -0.4 is 0 Å². The number of rotatable bonds is 15. The van der Waals surface area contributed by atoms with Crippen LogP contribution in [0.2, 0.25) is 0 Å². The van der Waals surface area contributed by atoms with Crippen LogP contribution in [-0.4, -0.2) is 22.4 Å². The molecule has 0 fully saturated rings. The van der Waals surface area contributed by atoms with Crippen molar-refractivity contribution in [3.8, 4) is 0 Å². The first kappa shape index (κ1) is 26.9. The lowest BCUT2D eigenvalue weighted by Crippen LogP contribution is -2.17. The van der Waals surface area contributed by atoms with Gasteiger partial charge in [-0.3, -0.25) is 10.0 Å². The van der Waals surface area contributed by atoms with E-state index in [1.54, 1.807) is 0 Å². The number of benzene rings is 4. The Hall–Kier alpha value is -4.18. The summed E-state index contributed by atoms with van der Waals surface area (Å²) in [5.74, 6) is 0. The maximum absolute atomic E-state index is 4.82. The van der Waals surface area contributed by atoms with E-state index in [1.165, 1.54) is 22.3 Å². The van der Waals surface area contributed by atoms with Crippen molar-refractivity contribution in [2.24, 2.45) is 10.2 Å². The number of unbranched alkanes of at least 4 members (excludes halogenated alkanes) is 3. The van der Waals surface area contributed by atoms with E-state index in [4.69, 9.17) is 10.2 Å². The monoisotopic (exact) mass is 502 g/mol. The molecule has 0 saturated carbocycles. The minimum absolute atomic E-state index is 0.803. The van der Waals surface area contributed by atoms with Crippen molar-refractivity contribution in [2.75, 3.05) is 0 Å². The van der Waals surface area contributed by atoms with Crippen LogP contribution in [0.3, 0.4) is 0 Å². The van der Waals surface area contributed by atoms with Gasteiger partial charge in [-0.15, -0.1) is 0 Å². The highest BCUT2D eigenvalue weighted by Crippen LogP contribution is 2.12. The first-order chi connectivity index (χ1) is 18.8. The second-order valence-electron chi connectivity index (χ2n) is 9.47. The number of hydrazone groups is 2. The van der Waals surface area contributed by atoms with E-state index in [-0.39, 0.29) is 0 Å². The smallest absolute Gasteiger partial charge is 0.0614 e. The molecule has 0 aliphatic carbocycles. The van der Waals surface area contributed by atoms with Crippen LogP contribution in [0, 0.1) is 0 Å². The molecule has 0 atom stereocenters. The molecule has 0 radical (unpaired) electrons. The Kier molecular flexibility index (Phi) is 11.2. The van der Waals surface area contributed by atoms with Gasteiger partial charge < -0.3 is 0 Å². The van der Waals surface area contributed by atoms with Gasteiger partial charge in [0.2, 0.25) is 0 Å². The Morgan fingerprint density at radius 3 is 0.921 bits per heavy atom. The largest absolute Gasteiger partial charge is 0.289 e. The van der Waals surface area contributed by atoms with E-state index >= 15 is 0 Å². The molecule has 0 amide bonds. The maximum atomic E-state index is 4.82. The highest BCUT2D eigenvalue weighted by molar-refractivity contribution is 5.58. The molecule has 4 aromatic carbocycles. The van der Waals surface area contributed by atoms with Gasteiger partial charge in [0.25, 0.3) is 0 Å². The van der Waals surface area contributed by atoms with Crippen molar-refractivity contribution < 1.29 is 0 Å². The Bertz CT molecular complexity index is 1030. The summed E-state index contributed by atoms with van der Waals surface area (Å²) in [5.41, 5.74) is 5.08. The fourth-order valence-corrected chi connectivity index (χ4v) is 4.27. The second-order valence-corrected chi connectivity index (χ2v) is 9.47. The molecule has 0 spiro atoms. The molecule has 38 heavy (non-hydrogen) atoms. The summed E-state index contributed by atoms with van der Waals surface area (Å²) in [5, 5.41) is 13.9. The van der Waals surface area contributed by atoms with Crippen LogP contribution in [0.4, 0.5) is 0 Å². The summed E-state index contributed by atoms with van der Waals surface area (Å²) < 4.78 is 0. The van der Waals surface area contributed by atoms with Gasteiger partial charge in [0.1, 0.15) is 0 Å². The molecule has 0 bridgehead atoms. The van der Waals surface area contributed by atoms with Crippen molar-refractivity contribution in [2.45, 2.75) is 51.9 Å². The predicted molar refractivity (Wildman–Crippen MR) is 160 cm³/mol. The minimum atomic E-state index is 0.803. The summed E-state index contributed by atoms with van der Waals surface area (Å²) in [6.07, 6.45) is 8.26. The SMILES string of the molecule is C(CCCCC=NN(Cc1ccccc1)Cc1ccccc1)=NN(Cc1ccccc1)Cc1ccccc1. The highest BCUT2D eigenvalue weighted by atomic mass is 15.4. The normalized spacial score (nSPS) is 11.3. The summed E-state index contributed by atoms with van der Waals surface area (Å²) >= 11 is 0. The molecule has 0 heterocycles. The fraction of sp³-hybridized carbons (Fsp3) is 0.235. The Morgan fingerprint density at radius 2 is 0.658 bits per heavy atom. The molecule has 4 nitrogen and oxygen atoms in total. The molecule has 0 saturated heterocycles. The van der Waals surface area contributed by atoms with Gasteiger partial charge >= 0.3 is 0 Å². The Morgan fingerprint density at radius 1 is 0.395 bits per heavy atom. The molecule has 0 aliphatic heterocycles. The lowest BCUT2D eigenvalue weighted by Gasteiger charge is -2.19. The first-order valence-electron chi connectivity index (χ1n) is 13.6. The molecule has 4 aromatic rings. The Balaban J connectivity index is 1.24. The molecule has 0 N–H and O–H groups in total. The molecular formula is C34H38N4. The fourth-order valence-electron chi connectivity index (χ4n) is 4.27.